The number of hydrogen-bond donors (Lipinski definition) is 1. The molecule has 0 atom stereocenters. The second-order valence-corrected chi connectivity index (χ2v) is 5.15. The molecule has 0 aliphatic rings. The van der Waals surface area contributed by atoms with Crippen LogP contribution in [0.15, 0.2) is 46.9 Å². The highest BCUT2D eigenvalue weighted by Crippen LogP contribution is 2.25. The van der Waals surface area contributed by atoms with Crippen molar-refractivity contribution in [1.82, 2.24) is 0 Å². The maximum Gasteiger partial charge on any atom is 0.412 e. The number of rotatable bonds is 3. The van der Waals surface area contributed by atoms with Crippen LogP contribution < -0.4 is 5.32 Å². The topological polar surface area (TPSA) is 38.3 Å². The molecule has 0 aliphatic carbocycles. The van der Waals surface area contributed by atoms with Crippen molar-refractivity contribution in [3.8, 4) is 0 Å². The van der Waals surface area contributed by atoms with E-state index >= 15 is 0 Å². The van der Waals surface area contributed by atoms with Crippen molar-refractivity contribution in [2.45, 2.75) is 13.5 Å². The summed E-state index contributed by atoms with van der Waals surface area (Å²) in [5.41, 5.74) is 1.79. The van der Waals surface area contributed by atoms with E-state index in [9.17, 15) is 9.18 Å². The second-order valence-electron chi connectivity index (χ2n) is 4.30. The Morgan fingerprint density at radius 1 is 1.30 bits per heavy atom. The van der Waals surface area contributed by atoms with Crippen molar-refractivity contribution in [2.75, 3.05) is 5.32 Å². The summed E-state index contributed by atoms with van der Waals surface area (Å²) in [5, 5.41) is 2.40. The molecule has 20 heavy (non-hydrogen) atoms. The van der Waals surface area contributed by atoms with Gasteiger partial charge >= 0.3 is 6.09 Å². The van der Waals surface area contributed by atoms with Gasteiger partial charge < -0.3 is 4.74 Å². The molecule has 0 aromatic heterocycles. The van der Waals surface area contributed by atoms with Gasteiger partial charge in [0.15, 0.2) is 5.82 Å². The maximum atomic E-state index is 13.8. The number of ether oxygens (including phenoxy) is 1. The van der Waals surface area contributed by atoms with Crippen molar-refractivity contribution in [2.24, 2.45) is 0 Å². The molecule has 2 rings (SSSR count). The van der Waals surface area contributed by atoms with Crippen LogP contribution in [0.2, 0.25) is 0 Å². The van der Waals surface area contributed by atoms with Crippen LogP contribution in [-0.4, -0.2) is 6.09 Å². The number of amides is 1. The summed E-state index contributed by atoms with van der Waals surface area (Å²) >= 11 is 3.10. The molecule has 0 aliphatic heterocycles. The van der Waals surface area contributed by atoms with Gasteiger partial charge in [-0.1, -0.05) is 30.3 Å². The summed E-state index contributed by atoms with van der Waals surface area (Å²) in [7, 11) is 0. The van der Waals surface area contributed by atoms with Gasteiger partial charge in [-0.3, -0.25) is 5.32 Å². The zero-order chi connectivity index (χ0) is 14.5. The van der Waals surface area contributed by atoms with Crippen LogP contribution in [0.5, 0.6) is 0 Å². The lowest BCUT2D eigenvalue weighted by atomic mass is 10.2. The summed E-state index contributed by atoms with van der Waals surface area (Å²) < 4.78 is 19.1. The van der Waals surface area contributed by atoms with E-state index in [1.807, 2.05) is 37.3 Å². The fourth-order valence-electron chi connectivity index (χ4n) is 1.68. The lowest BCUT2D eigenvalue weighted by Crippen LogP contribution is -2.14. The number of benzene rings is 2. The van der Waals surface area contributed by atoms with E-state index in [-0.39, 0.29) is 12.3 Å². The van der Waals surface area contributed by atoms with E-state index in [0.29, 0.717) is 4.47 Å². The molecule has 0 fully saturated rings. The Morgan fingerprint density at radius 2 is 2.00 bits per heavy atom. The minimum atomic E-state index is -0.690. The number of nitrogens with one attached hydrogen (secondary N) is 1. The van der Waals surface area contributed by atoms with Gasteiger partial charge in [0.2, 0.25) is 0 Å². The van der Waals surface area contributed by atoms with Crippen molar-refractivity contribution in [3.05, 3.63) is 63.9 Å². The van der Waals surface area contributed by atoms with Crippen LogP contribution in [0, 0.1) is 12.7 Å². The molecule has 0 bridgehead atoms. The van der Waals surface area contributed by atoms with Crippen LogP contribution >= 0.6 is 15.9 Å². The Hall–Kier alpha value is -1.88. The molecule has 0 heterocycles. The van der Waals surface area contributed by atoms with Gasteiger partial charge in [-0.05, 0) is 46.1 Å². The Labute approximate surface area is 124 Å². The highest BCUT2D eigenvalue weighted by atomic mass is 79.9. The van der Waals surface area contributed by atoms with Crippen LogP contribution in [0.4, 0.5) is 14.9 Å². The van der Waals surface area contributed by atoms with Crippen molar-refractivity contribution in [3.63, 3.8) is 0 Å². The predicted molar refractivity (Wildman–Crippen MR) is 79.1 cm³/mol. The van der Waals surface area contributed by atoms with Gasteiger partial charge in [-0.25, -0.2) is 9.18 Å². The van der Waals surface area contributed by atoms with E-state index in [1.54, 1.807) is 12.1 Å². The minimum Gasteiger partial charge on any atom is -0.444 e. The summed E-state index contributed by atoms with van der Waals surface area (Å²) in [6.07, 6.45) is -0.690. The van der Waals surface area contributed by atoms with Gasteiger partial charge in [-0.15, -0.1) is 0 Å². The summed E-state index contributed by atoms with van der Waals surface area (Å²) in [6.45, 7) is 1.95. The smallest absolute Gasteiger partial charge is 0.412 e. The molecule has 2 aromatic carbocycles. The quantitative estimate of drug-likeness (QED) is 0.885. The van der Waals surface area contributed by atoms with Gasteiger partial charge in [0.05, 0.1) is 10.2 Å². The van der Waals surface area contributed by atoms with E-state index in [0.717, 1.165) is 11.1 Å². The lowest BCUT2D eigenvalue weighted by Gasteiger charge is -2.09. The standard InChI is InChI=1S/C15H13BrFNO2/c1-10-7-12(16)14(17)13(8-10)18-15(19)20-9-11-5-3-2-4-6-11/h2-8H,9H2,1H3,(H,18,19). The van der Waals surface area contributed by atoms with Gasteiger partial charge in [0, 0.05) is 0 Å². The van der Waals surface area contributed by atoms with Crippen LogP contribution in [-0.2, 0) is 11.3 Å². The third-order valence-corrected chi connectivity index (χ3v) is 3.20. The van der Waals surface area contributed by atoms with Gasteiger partial charge in [0.25, 0.3) is 0 Å². The molecule has 0 saturated heterocycles. The number of carbonyl (C=O) groups is 1. The van der Waals surface area contributed by atoms with E-state index in [2.05, 4.69) is 21.2 Å². The fraction of sp³-hybridized carbons (Fsp3) is 0.133. The second kappa shape index (κ2) is 6.52. The van der Waals surface area contributed by atoms with Crippen molar-refractivity contribution in [1.29, 1.82) is 0 Å². The zero-order valence-electron chi connectivity index (χ0n) is 10.8. The fourth-order valence-corrected chi connectivity index (χ4v) is 2.26. The normalized spacial score (nSPS) is 10.2. The molecule has 0 saturated carbocycles. The van der Waals surface area contributed by atoms with E-state index in [4.69, 9.17) is 4.74 Å². The number of hydrogen-bond acceptors (Lipinski definition) is 2. The average molecular weight is 338 g/mol. The Bertz CT molecular complexity index is 617. The monoisotopic (exact) mass is 337 g/mol. The van der Waals surface area contributed by atoms with E-state index < -0.39 is 11.9 Å². The third-order valence-electron chi connectivity index (χ3n) is 2.62. The first-order valence-electron chi connectivity index (χ1n) is 5.99. The van der Waals surface area contributed by atoms with Crippen LogP contribution in [0.3, 0.4) is 0 Å². The lowest BCUT2D eigenvalue weighted by molar-refractivity contribution is 0.155. The Morgan fingerprint density at radius 3 is 2.70 bits per heavy atom. The molecular weight excluding hydrogens is 325 g/mol. The number of anilines is 1. The molecule has 3 nitrogen and oxygen atoms in total. The van der Waals surface area contributed by atoms with Gasteiger partial charge in [-0.2, -0.15) is 0 Å². The third kappa shape index (κ3) is 3.81. The summed E-state index contributed by atoms with van der Waals surface area (Å²) in [6, 6.07) is 12.5. The van der Waals surface area contributed by atoms with E-state index in [1.165, 1.54) is 0 Å². The van der Waals surface area contributed by atoms with Crippen molar-refractivity contribution >= 4 is 27.7 Å². The molecule has 1 N–H and O–H groups in total. The molecule has 5 heteroatoms. The predicted octanol–water partition coefficient (Wildman–Crippen LogP) is 4.65. The highest BCUT2D eigenvalue weighted by Gasteiger charge is 2.11. The first kappa shape index (κ1) is 14.5. The number of halogens is 2. The molecular formula is C15H13BrFNO2. The Balaban J connectivity index is 1.98. The van der Waals surface area contributed by atoms with Gasteiger partial charge in [0.1, 0.15) is 6.61 Å². The van der Waals surface area contributed by atoms with Crippen LogP contribution in [0.1, 0.15) is 11.1 Å². The van der Waals surface area contributed by atoms with Crippen molar-refractivity contribution < 1.29 is 13.9 Å². The zero-order valence-corrected chi connectivity index (χ0v) is 12.4. The van der Waals surface area contributed by atoms with Crippen LogP contribution in [0.25, 0.3) is 0 Å². The first-order valence-corrected chi connectivity index (χ1v) is 6.79. The molecule has 0 spiro atoms. The minimum absolute atomic E-state index is 0.0925. The number of carbonyl (C=O) groups excluding carboxylic acids is 1. The summed E-state index contributed by atoms with van der Waals surface area (Å²) in [4.78, 5) is 11.6. The molecule has 104 valence electrons. The summed E-state index contributed by atoms with van der Waals surface area (Å²) in [5.74, 6) is -0.521. The SMILES string of the molecule is Cc1cc(Br)c(F)c(NC(=O)OCc2ccccc2)c1. The first-order chi connectivity index (χ1) is 9.56. The molecule has 0 radical (unpaired) electrons. The molecule has 2 aromatic rings. The molecule has 0 unspecified atom stereocenters. The molecule has 1 amide bonds. The Kier molecular flexibility index (Phi) is 4.74. The number of aryl methyl sites for hydroxylation is 1. The highest BCUT2D eigenvalue weighted by molar-refractivity contribution is 9.10. The largest absolute Gasteiger partial charge is 0.444 e. The average Bonchev–Trinajstić information content (AvgIpc) is 2.43. The maximum absolute atomic E-state index is 13.8.